The number of carbonyl (C=O) groups excluding carboxylic acids is 1. The zero-order valence-corrected chi connectivity index (χ0v) is 14.2. The maximum absolute atomic E-state index is 12.2. The van der Waals surface area contributed by atoms with E-state index in [-0.39, 0.29) is 5.97 Å². The fourth-order valence-electron chi connectivity index (χ4n) is 3.24. The first-order chi connectivity index (χ1) is 9.98. The Balaban J connectivity index is 1.96. The van der Waals surface area contributed by atoms with E-state index in [0.29, 0.717) is 12.1 Å². The third kappa shape index (κ3) is 4.96. The van der Waals surface area contributed by atoms with Crippen molar-refractivity contribution in [3.8, 4) is 0 Å². The number of carbonyl (C=O) groups is 1. The number of esters is 1. The highest BCUT2D eigenvalue weighted by atomic mass is 16.5. The van der Waals surface area contributed by atoms with Gasteiger partial charge in [-0.3, -0.25) is 10.1 Å². The zero-order chi connectivity index (χ0) is 15.5. The van der Waals surface area contributed by atoms with Crippen molar-refractivity contribution < 1.29 is 9.53 Å². The molecule has 2 rings (SSSR count). The summed E-state index contributed by atoms with van der Waals surface area (Å²) in [6, 6.07) is 0.908. The fraction of sp³-hybridized carbons (Fsp3) is 0.941. The average molecular weight is 296 g/mol. The van der Waals surface area contributed by atoms with Gasteiger partial charge in [0.1, 0.15) is 5.54 Å². The van der Waals surface area contributed by atoms with E-state index in [2.05, 4.69) is 24.1 Å². The smallest absolute Gasteiger partial charge is 0.325 e. The second-order valence-corrected chi connectivity index (χ2v) is 7.23. The van der Waals surface area contributed by atoms with Crippen molar-refractivity contribution in [3.63, 3.8) is 0 Å². The molecule has 0 bridgehead atoms. The van der Waals surface area contributed by atoms with Crippen LogP contribution in [0.2, 0.25) is 0 Å². The summed E-state index contributed by atoms with van der Waals surface area (Å²) in [5, 5.41) is 3.51. The molecular weight excluding hydrogens is 264 g/mol. The summed E-state index contributed by atoms with van der Waals surface area (Å²) < 4.78 is 5.06. The van der Waals surface area contributed by atoms with Crippen LogP contribution in [0, 0.1) is 5.92 Å². The van der Waals surface area contributed by atoms with E-state index in [1.54, 1.807) is 0 Å². The molecule has 4 nitrogen and oxygen atoms in total. The average Bonchev–Trinajstić information content (AvgIpc) is 3.33. The monoisotopic (exact) mass is 296 g/mol. The van der Waals surface area contributed by atoms with Gasteiger partial charge < -0.3 is 9.64 Å². The van der Waals surface area contributed by atoms with Gasteiger partial charge in [-0.15, -0.1) is 0 Å². The Hall–Kier alpha value is -0.610. The molecule has 122 valence electrons. The highest BCUT2D eigenvalue weighted by Gasteiger charge is 2.41. The summed E-state index contributed by atoms with van der Waals surface area (Å²) in [5.74, 6) is 0.767. The highest BCUT2D eigenvalue weighted by molar-refractivity contribution is 5.80. The van der Waals surface area contributed by atoms with Crippen LogP contribution in [0.3, 0.4) is 0 Å². The van der Waals surface area contributed by atoms with Crippen LogP contribution in [-0.2, 0) is 9.53 Å². The van der Waals surface area contributed by atoms with Gasteiger partial charge in [-0.2, -0.15) is 0 Å². The van der Waals surface area contributed by atoms with E-state index in [1.807, 2.05) is 6.92 Å². The summed E-state index contributed by atoms with van der Waals surface area (Å²) in [4.78, 5) is 14.8. The number of nitrogens with zero attached hydrogens (tertiary/aromatic N) is 1. The van der Waals surface area contributed by atoms with Gasteiger partial charge in [0.2, 0.25) is 0 Å². The second-order valence-electron chi connectivity index (χ2n) is 7.23. The number of rotatable bonds is 10. The van der Waals surface area contributed by atoms with Crippen molar-refractivity contribution in [1.82, 2.24) is 10.2 Å². The van der Waals surface area contributed by atoms with E-state index < -0.39 is 5.54 Å². The molecule has 0 aromatic rings. The van der Waals surface area contributed by atoms with E-state index in [0.717, 1.165) is 18.9 Å². The molecule has 2 unspecified atom stereocenters. The minimum absolute atomic E-state index is 0.121. The molecule has 0 aliphatic heterocycles. The maximum Gasteiger partial charge on any atom is 0.325 e. The lowest BCUT2D eigenvalue weighted by Crippen LogP contribution is -2.55. The lowest BCUT2D eigenvalue weighted by atomic mass is 9.92. The Morgan fingerprint density at radius 3 is 2.52 bits per heavy atom. The van der Waals surface area contributed by atoms with Crippen LogP contribution < -0.4 is 5.32 Å². The van der Waals surface area contributed by atoms with Crippen LogP contribution in [0.5, 0.6) is 0 Å². The molecule has 0 aromatic heterocycles. The van der Waals surface area contributed by atoms with Crippen LogP contribution in [0.25, 0.3) is 0 Å². The first-order valence-corrected chi connectivity index (χ1v) is 8.58. The highest BCUT2D eigenvalue weighted by Crippen LogP contribution is 2.32. The van der Waals surface area contributed by atoms with Crippen molar-refractivity contribution in [2.24, 2.45) is 5.92 Å². The molecule has 0 aromatic carbocycles. The first kappa shape index (κ1) is 16.8. The van der Waals surface area contributed by atoms with Gasteiger partial charge in [0.25, 0.3) is 0 Å². The van der Waals surface area contributed by atoms with Crippen molar-refractivity contribution in [2.45, 2.75) is 76.9 Å². The molecule has 2 atom stereocenters. The van der Waals surface area contributed by atoms with Gasteiger partial charge in [0, 0.05) is 18.6 Å². The Morgan fingerprint density at radius 1 is 1.38 bits per heavy atom. The van der Waals surface area contributed by atoms with Crippen LogP contribution in [-0.4, -0.2) is 48.7 Å². The van der Waals surface area contributed by atoms with Gasteiger partial charge in [0.15, 0.2) is 0 Å². The van der Waals surface area contributed by atoms with Crippen molar-refractivity contribution in [1.29, 1.82) is 0 Å². The molecule has 1 N–H and O–H groups in total. The maximum atomic E-state index is 12.2. The minimum atomic E-state index is -0.551. The third-order valence-corrected chi connectivity index (χ3v) is 4.76. The van der Waals surface area contributed by atoms with E-state index in [9.17, 15) is 4.79 Å². The summed E-state index contributed by atoms with van der Waals surface area (Å²) in [5.41, 5.74) is -0.551. The SMILES string of the molecule is CCCN(CC1CC1)C(C)CC(C)(NC1CC1)C(=O)OC. The van der Waals surface area contributed by atoms with Crippen LogP contribution >= 0.6 is 0 Å². The number of hydrogen-bond acceptors (Lipinski definition) is 4. The molecule has 21 heavy (non-hydrogen) atoms. The fourth-order valence-corrected chi connectivity index (χ4v) is 3.24. The van der Waals surface area contributed by atoms with E-state index in [1.165, 1.54) is 45.8 Å². The first-order valence-electron chi connectivity index (χ1n) is 8.58. The number of ether oxygens (including phenoxy) is 1. The summed E-state index contributed by atoms with van der Waals surface area (Å²) in [6.45, 7) is 8.81. The van der Waals surface area contributed by atoms with Gasteiger partial charge in [-0.05, 0) is 64.8 Å². The van der Waals surface area contributed by atoms with Gasteiger partial charge in [0.05, 0.1) is 7.11 Å². The predicted molar refractivity (Wildman–Crippen MR) is 85.2 cm³/mol. The molecule has 0 saturated heterocycles. The molecule has 0 amide bonds. The summed E-state index contributed by atoms with van der Waals surface area (Å²) >= 11 is 0. The van der Waals surface area contributed by atoms with Gasteiger partial charge >= 0.3 is 5.97 Å². The quantitative estimate of drug-likeness (QED) is 0.629. The molecule has 2 fully saturated rings. The van der Waals surface area contributed by atoms with E-state index >= 15 is 0 Å². The van der Waals surface area contributed by atoms with Crippen molar-refractivity contribution in [3.05, 3.63) is 0 Å². The molecule has 0 heterocycles. The minimum Gasteiger partial charge on any atom is -0.468 e. The molecule has 0 spiro atoms. The lowest BCUT2D eigenvalue weighted by Gasteiger charge is -2.36. The van der Waals surface area contributed by atoms with Crippen LogP contribution in [0.4, 0.5) is 0 Å². The normalized spacial score (nSPS) is 22.9. The Bertz CT molecular complexity index is 353. The van der Waals surface area contributed by atoms with Crippen molar-refractivity contribution >= 4 is 5.97 Å². The lowest BCUT2D eigenvalue weighted by molar-refractivity contribution is -0.149. The zero-order valence-electron chi connectivity index (χ0n) is 14.2. The number of nitrogens with one attached hydrogen (secondary N) is 1. The molecule has 0 radical (unpaired) electrons. The topological polar surface area (TPSA) is 41.6 Å². The van der Waals surface area contributed by atoms with E-state index in [4.69, 9.17) is 4.74 Å². The predicted octanol–water partition coefficient (Wildman–Crippen LogP) is 2.57. The largest absolute Gasteiger partial charge is 0.468 e. The molecule has 2 saturated carbocycles. The van der Waals surface area contributed by atoms with Crippen LogP contribution in [0.15, 0.2) is 0 Å². The Kier molecular flexibility index (Phi) is 5.67. The third-order valence-electron chi connectivity index (χ3n) is 4.76. The van der Waals surface area contributed by atoms with Crippen LogP contribution in [0.1, 0.15) is 59.3 Å². The molecular formula is C17H32N2O2. The standard InChI is InChI=1S/C17H32N2O2/c1-5-10-19(12-14-6-7-14)13(2)11-17(3,16(20)21-4)18-15-8-9-15/h13-15,18H,5-12H2,1-4H3. The molecule has 2 aliphatic carbocycles. The second kappa shape index (κ2) is 7.10. The molecule has 4 heteroatoms. The van der Waals surface area contributed by atoms with Gasteiger partial charge in [-0.1, -0.05) is 6.92 Å². The Morgan fingerprint density at radius 2 is 2.05 bits per heavy atom. The molecule has 2 aliphatic rings. The van der Waals surface area contributed by atoms with Crippen molar-refractivity contribution in [2.75, 3.05) is 20.2 Å². The number of methoxy groups -OCH3 is 1. The Labute approximate surface area is 129 Å². The summed E-state index contributed by atoms with van der Waals surface area (Å²) in [6.07, 6.45) is 7.11. The summed E-state index contributed by atoms with van der Waals surface area (Å²) in [7, 11) is 1.49. The van der Waals surface area contributed by atoms with Gasteiger partial charge in [-0.25, -0.2) is 0 Å². The number of hydrogen-bond donors (Lipinski definition) is 1.